The van der Waals surface area contributed by atoms with Crippen molar-refractivity contribution in [3.05, 3.63) is 75.2 Å². The molecule has 4 heterocycles. The first-order valence-corrected chi connectivity index (χ1v) is 14.7. The van der Waals surface area contributed by atoms with Gasteiger partial charge in [0, 0.05) is 55.3 Å². The van der Waals surface area contributed by atoms with Crippen molar-refractivity contribution in [3.8, 4) is 0 Å². The molecule has 47 heavy (non-hydrogen) atoms. The molecule has 246 valence electrons. The van der Waals surface area contributed by atoms with Gasteiger partial charge in [0.2, 0.25) is 0 Å². The van der Waals surface area contributed by atoms with E-state index in [9.17, 15) is 24.0 Å². The quantitative estimate of drug-likeness (QED) is 0.0597. The summed E-state index contributed by atoms with van der Waals surface area (Å²) < 4.78 is 1.62. The largest absolute Gasteiger partial charge is 0.388 e. The molecule has 0 spiro atoms. The first kappa shape index (κ1) is 34.0. The van der Waals surface area contributed by atoms with Crippen LogP contribution in [-0.2, 0) is 11.8 Å². The third kappa shape index (κ3) is 7.67. The number of aryl methyl sites for hydroxylation is 1. The SMILES string of the molecule is C=C(Br)C(=O)Nc1n[nH]c(C(=O)Nc2cc(C(=O)Nc3c[nH]c(C(=O)Nc4c[nH]c(C(=O)NCCC(=N)N)c4C)c3C)n(C)c2)c1C. The molecule has 0 atom stereocenters. The molecular formula is C29H33BrN12O5. The van der Waals surface area contributed by atoms with E-state index in [2.05, 4.69) is 69.3 Å². The number of nitrogens with two attached hydrogens (primary N) is 1. The highest BCUT2D eigenvalue weighted by atomic mass is 79.9. The number of amidine groups is 1. The summed E-state index contributed by atoms with van der Waals surface area (Å²) in [5.74, 6) is -2.32. The molecule has 0 bridgehead atoms. The van der Waals surface area contributed by atoms with Gasteiger partial charge in [-0.3, -0.25) is 34.5 Å². The third-order valence-corrected chi connectivity index (χ3v) is 7.48. The third-order valence-electron chi connectivity index (χ3n) is 7.12. The summed E-state index contributed by atoms with van der Waals surface area (Å²) in [6, 6.07) is 1.48. The van der Waals surface area contributed by atoms with Crippen molar-refractivity contribution in [2.75, 3.05) is 27.8 Å². The van der Waals surface area contributed by atoms with Gasteiger partial charge in [-0.05, 0) is 42.8 Å². The van der Waals surface area contributed by atoms with Gasteiger partial charge in [0.25, 0.3) is 29.5 Å². The fraction of sp³-hybridized carbons (Fsp3) is 0.207. The van der Waals surface area contributed by atoms with E-state index in [1.54, 1.807) is 34.0 Å². The van der Waals surface area contributed by atoms with E-state index < -0.39 is 29.5 Å². The van der Waals surface area contributed by atoms with Crippen LogP contribution in [0.3, 0.4) is 0 Å². The summed E-state index contributed by atoms with van der Waals surface area (Å²) in [5, 5.41) is 27.2. The number of nitrogens with one attached hydrogen (secondary N) is 9. The van der Waals surface area contributed by atoms with Gasteiger partial charge in [-0.15, -0.1) is 0 Å². The maximum absolute atomic E-state index is 13.2. The molecule has 0 aliphatic carbocycles. The Kier molecular flexibility index (Phi) is 10.1. The van der Waals surface area contributed by atoms with Gasteiger partial charge < -0.3 is 46.9 Å². The Hall–Kier alpha value is -5.91. The summed E-state index contributed by atoms with van der Waals surface area (Å²) >= 11 is 2.98. The van der Waals surface area contributed by atoms with Gasteiger partial charge in [0.1, 0.15) is 22.8 Å². The normalized spacial score (nSPS) is 10.7. The van der Waals surface area contributed by atoms with Crippen LogP contribution in [0.5, 0.6) is 0 Å². The average molecular weight is 710 g/mol. The predicted octanol–water partition coefficient (Wildman–Crippen LogP) is 2.99. The van der Waals surface area contributed by atoms with Gasteiger partial charge in [-0.2, -0.15) is 5.10 Å². The highest BCUT2D eigenvalue weighted by Gasteiger charge is 2.22. The van der Waals surface area contributed by atoms with Crippen LogP contribution in [0, 0.1) is 26.2 Å². The van der Waals surface area contributed by atoms with Crippen LogP contribution >= 0.6 is 15.9 Å². The van der Waals surface area contributed by atoms with Crippen LogP contribution in [0.4, 0.5) is 22.9 Å². The van der Waals surface area contributed by atoms with Gasteiger partial charge in [0.15, 0.2) is 5.82 Å². The molecule has 18 heteroatoms. The zero-order chi connectivity index (χ0) is 34.6. The van der Waals surface area contributed by atoms with E-state index in [1.165, 1.54) is 23.0 Å². The Labute approximate surface area is 276 Å². The van der Waals surface area contributed by atoms with Gasteiger partial charge >= 0.3 is 0 Å². The second-order valence-corrected chi connectivity index (χ2v) is 11.4. The van der Waals surface area contributed by atoms with E-state index in [1.807, 2.05) is 0 Å². The molecule has 0 unspecified atom stereocenters. The van der Waals surface area contributed by atoms with Crippen molar-refractivity contribution in [1.82, 2.24) is 30.0 Å². The van der Waals surface area contributed by atoms with Crippen LogP contribution in [-0.4, -0.2) is 66.6 Å². The minimum Gasteiger partial charge on any atom is -0.388 e. The minimum absolute atomic E-state index is 0.0429. The lowest BCUT2D eigenvalue weighted by molar-refractivity contribution is -0.112. The molecule has 0 aliphatic heterocycles. The number of H-pyrrole nitrogens is 3. The minimum atomic E-state index is -0.541. The average Bonchev–Trinajstić information content (AvgIpc) is 3.75. The monoisotopic (exact) mass is 708 g/mol. The molecule has 0 saturated carbocycles. The summed E-state index contributed by atoms with van der Waals surface area (Å²) in [5.41, 5.74) is 8.56. The molecule has 17 nitrogen and oxygen atoms in total. The number of nitrogens with zero attached hydrogens (tertiary/aromatic N) is 2. The van der Waals surface area contributed by atoms with Crippen molar-refractivity contribution in [1.29, 1.82) is 5.41 Å². The number of hydrogen-bond acceptors (Lipinski definition) is 7. The Morgan fingerprint density at radius 3 is 2.06 bits per heavy atom. The Morgan fingerprint density at radius 1 is 0.894 bits per heavy atom. The number of aromatic nitrogens is 5. The number of aromatic amines is 3. The number of amides is 5. The number of carbonyl (C=O) groups is 5. The summed E-state index contributed by atoms with van der Waals surface area (Å²) in [6.07, 6.45) is 4.74. The number of hydrogen-bond donors (Lipinski definition) is 10. The molecule has 4 aromatic rings. The Balaban J connectivity index is 1.39. The van der Waals surface area contributed by atoms with Crippen LogP contribution in [0.25, 0.3) is 0 Å². The fourth-order valence-electron chi connectivity index (χ4n) is 4.46. The maximum Gasteiger partial charge on any atom is 0.274 e. The zero-order valence-corrected chi connectivity index (χ0v) is 27.4. The van der Waals surface area contributed by atoms with Crippen LogP contribution in [0.15, 0.2) is 35.7 Å². The van der Waals surface area contributed by atoms with Crippen molar-refractivity contribution in [2.24, 2.45) is 12.8 Å². The van der Waals surface area contributed by atoms with E-state index in [0.717, 1.165) is 0 Å². The lowest BCUT2D eigenvalue weighted by Crippen LogP contribution is -2.28. The topological polar surface area (TPSA) is 261 Å². The molecule has 4 aromatic heterocycles. The van der Waals surface area contributed by atoms with Crippen LogP contribution < -0.4 is 32.3 Å². The molecule has 0 aromatic carbocycles. The van der Waals surface area contributed by atoms with E-state index in [4.69, 9.17) is 11.1 Å². The highest BCUT2D eigenvalue weighted by Crippen LogP contribution is 2.24. The number of carbonyl (C=O) groups excluding carboxylic acids is 5. The molecule has 5 amide bonds. The molecular weight excluding hydrogens is 676 g/mol. The standard InChI is InChI=1S/C29H33BrN12O5/c1-12-18(10-34-21(12)27(45)33-7-6-20(31)32)38-28(46)22-13(2)17(9-35-22)37-26(44)19-8-16(11-42(19)5)36-29(47)23-14(3)24(41-40-23)39-25(43)15(4)30/h8-11,34-35H,4,6-7H2,1-3,5H3,(H3,31,32)(H,33,45)(H,36,47)(H,37,44)(H,38,46)(H2,39,40,41,43). The van der Waals surface area contributed by atoms with Gasteiger partial charge in [0.05, 0.1) is 27.4 Å². The lowest BCUT2D eigenvalue weighted by atomic mass is 10.2. The smallest absolute Gasteiger partial charge is 0.274 e. The summed E-state index contributed by atoms with van der Waals surface area (Å²) in [4.78, 5) is 69.2. The molecule has 4 rings (SSSR count). The number of anilines is 4. The lowest BCUT2D eigenvalue weighted by Gasteiger charge is -2.07. The second-order valence-electron chi connectivity index (χ2n) is 10.5. The van der Waals surface area contributed by atoms with Gasteiger partial charge in [-0.1, -0.05) is 6.58 Å². The zero-order valence-electron chi connectivity index (χ0n) is 25.8. The summed E-state index contributed by atoms with van der Waals surface area (Å²) in [7, 11) is 1.63. The van der Waals surface area contributed by atoms with Crippen molar-refractivity contribution in [2.45, 2.75) is 27.2 Å². The Morgan fingerprint density at radius 2 is 1.47 bits per heavy atom. The first-order valence-electron chi connectivity index (χ1n) is 14.0. The summed E-state index contributed by atoms with van der Waals surface area (Å²) in [6.45, 7) is 8.63. The van der Waals surface area contributed by atoms with Crippen LogP contribution in [0.1, 0.15) is 65.1 Å². The first-order chi connectivity index (χ1) is 22.2. The predicted molar refractivity (Wildman–Crippen MR) is 179 cm³/mol. The van der Waals surface area contributed by atoms with Crippen molar-refractivity contribution >= 4 is 74.2 Å². The Bertz CT molecular complexity index is 1930. The van der Waals surface area contributed by atoms with E-state index >= 15 is 0 Å². The molecule has 0 aliphatic rings. The van der Waals surface area contributed by atoms with E-state index in [0.29, 0.717) is 33.8 Å². The molecule has 0 radical (unpaired) electrons. The number of rotatable bonds is 12. The van der Waals surface area contributed by atoms with Crippen LogP contribution in [0.2, 0.25) is 0 Å². The second kappa shape index (κ2) is 14.0. The molecule has 0 fully saturated rings. The highest BCUT2D eigenvalue weighted by molar-refractivity contribution is 9.12. The fourth-order valence-corrected chi connectivity index (χ4v) is 4.56. The van der Waals surface area contributed by atoms with Crippen molar-refractivity contribution < 1.29 is 24.0 Å². The number of halogens is 1. The van der Waals surface area contributed by atoms with Crippen molar-refractivity contribution in [3.63, 3.8) is 0 Å². The van der Waals surface area contributed by atoms with Gasteiger partial charge in [-0.25, -0.2) is 0 Å². The maximum atomic E-state index is 13.2. The molecule has 0 saturated heterocycles. The van der Waals surface area contributed by atoms with E-state index in [-0.39, 0.29) is 51.9 Å². The molecule has 11 N–H and O–H groups in total.